The minimum Gasteiger partial charge on any atom is -0.393 e. The Bertz CT molecular complexity index is 310. The molecule has 0 fully saturated rings. The Morgan fingerprint density at radius 1 is 1.36 bits per heavy atom. The topological polar surface area (TPSA) is 20.2 Å². The summed E-state index contributed by atoms with van der Waals surface area (Å²) >= 11 is 0. The summed E-state index contributed by atoms with van der Waals surface area (Å²) in [7, 11) is 0. The number of benzene rings is 1. The van der Waals surface area contributed by atoms with Gasteiger partial charge in [-0.25, -0.2) is 13.2 Å². The first kappa shape index (κ1) is 11.0. The Balaban J connectivity index is 2.96. The molecule has 1 atom stereocenters. The Labute approximate surface area is 80.2 Å². The van der Waals surface area contributed by atoms with E-state index < -0.39 is 18.3 Å². The molecule has 0 aliphatic heterocycles. The van der Waals surface area contributed by atoms with Crippen LogP contribution < -0.4 is 0 Å². The predicted octanol–water partition coefficient (Wildman–Crippen LogP) is 2.69. The van der Waals surface area contributed by atoms with Crippen LogP contribution in [-0.2, 0) is 6.42 Å². The zero-order valence-corrected chi connectivity index (χ0v) is 7.67. The Kier molecular flexibility index (Phi) is 3.52. The highest BCUT2D eigenvalue weighted by molar-refractivity contribution is 5.26. The van der Waals surface area contributed by atoms with E-state index in [9.17, 15) is 13.2 Å². The van der Waals surface area contributed by atoms with Crippen LogP contribution in [0.5, 0.6) is 0 Å². The lowest BCUT2D eigenvalue weighted by atomic mass is 10.1. The van der Waals surface area contributed by atoms with Gasteiger partial charge in [0.15, 0.2) is 0 Å². The molecule has 1 nitrogen and oxygen atoms in total. The third kappa shape index (κ3) is 2.73. The fourth-order valence-electron chi connectivity index (χ4n) is 1.21. The quantitative estimate of drug-likeness (QED) is 0.802. The average molecular weight is 204 g/mol. The molecule has 4 heteroatoms. The predicted molar refractivity (Wildman–Crippen MR) is 46.7 cm³/mol. The van der Waals surface area contributed by atoms with E-state index in [1.165, 1.54) is 6.92 Å². The zero-order valence-electron chi connectivity index (χ0n) is 7.67. The largest absolute Gasteiger partial charge is 0.393 e. The van der Waals surface area contributed by atoms with Gasteiger partial charge in [-0.05, 0) is 24.6 Å². The summed E-state index contributed by atoms with van der Waals surface area (Å²) in [5.74, 6) is -0.560. The molecule has 0 heterocycles. The maximum Gasteiger partial charge on any atom is 0.263 e. The van der Waals surface area contributed by atoms with Gasteiger partial charge >= 0.3 is 0 Å². The molecule has 0 aromatic heterocycles. The van der Waals surface area contributed by atoms with Crippen LogP contribution in [0.2, 0.25) is 0 Å². The minimum atomic E-state index is -2.61. The molecule has 1 unspecified atom stereocenters. The van der Waals surface area contributed by atoms with Gasteiger partial charge in [-0.15, -0.1) is 0 Å². The number of aliphatic hydroxyl groups is 1. The monoisotopic (exact) mass is 204 g/mol. The standard InChI is InChI=1S/C10H11F3O/c1-6(14)4-8-5-7(10(12)13)2-3-9(8)11/h2-3,5-6,10,14H,4H2,1H3. The molecule has 1 aromatic rings. The van der Waals surface area contributed by atoms with Crippen molar-refractivity contribution in [2.24, 2.45) is 0 Å². The second kappa shape index (κ2) is 4.46. The van der Waals surface area contributed by atoms with Crippen LogP contribution in [0.3, 0.4) is 0 Å². The van der Waals surface area contributed by atoms with Crippen LogP contribution in [0.4, 0.5) is 13.2 Å². The summed E-state index contributed by atoms with van der Waals surface area (Å²) in [6.45, 7) is 1.48. The lowest BCUT2D eigenvalue weighted by Crippen LogP contribution is -2.06. The van der Waals surface area contributed by atoms with E-state index in [0.717, 1.165) is 18.2 Å². The molecular weight excluding hydrogens is 193 g/mol. The number of aliphatic hydroxyl groups excluding tert-OH is 1. The van der Waals surface area contributed by atoms with E-state index in [1.807, 2.05) is 0 Å². The van der Waals surface area contributed by atoms with Crippen molar-refractivity contribution in [3.8, 4) is 0 Å². The summed E-state index contributed by atoms with van der Waals surface area (Å²) in [5.41, 5.74) is -0.0974. The van der Waals surface area contributed by atoms with Gasteiger partial charge in [-0.1, -0.05) is 6.07 Å². The first-order chi connectivity index (χ1) is 6.50. The summed E-state index contributed by atoms with van der Waals surface area (Å²) in [5, 5.41) is 9.01. The Morgan fingerprint density at radius 2 is 2.00 bits per heavy atom. The van der Waals surface area contributed by atoms with Gasteiger partial charge in [-0.2, -0.15) is 0 Å². The molecule has 0 saturated carbocycles. The lowest BCUT2D eigenvalue weighted by Gasteiger charge is -2.07. The summed E-state index contributed by atoms with van der Waals surface area (Å²) in [6.07, 6.45) is -3.30. The third-order valence-corrected chi connectivity index (χ3v) is 1.84. The van der Waals surface area contributed by atoms with Crippen molar-refractivity contribution in [3.63, 3.8) is 0 Å². The van der Waals surface area contributed by atoms with Crippen molar-refractivity contribution in [2.75, 3.05) is 0 Å². The average Bonchev–Trinajstić information content (AvgIpc) is 2.07. The highest BCUT2D eigenvalue weighted by atomic mass is 19.3. The highest BCUT2D eigenvalue weighted by Crippen LogP contribution is 2.21. The first-order valence-corrected chi connectivity index (χ1v) is 4.25. The molecule has 0 spiro atoms. The van der Waals surface area contributed by atoms with Gasteiger partial charge in [0.05, 0.1) is 6.10 Å². The van der Waals surface area contributed by atoms with Gasteiger partial charge in [0.2, 0.25) is 0 Å². The van der Waals surface area contributed by atoms with E-state index in [1.54, 1.807) is 0 Å². The van der Waals surface area contributed by atoms with Crippen molar-refractivity contribution in [2.45, 2.75) is 25.9 Å². The Morgan fingerprint density at radius 3 is 2.50 bits per heavy atom. The van der Waals surface area contributed by atoms with Gasteiger partial charge in [0.25, 0.3) is 6.43 Å². The van der Waals surface area contributed by atoms with Crippen LogP contribution in [0.25, 0.3) is 0 Å². The molecule has 78 valence electrons. The lowest BCUT2D eigenvalue weighted by molar-refractivity contribution is 0.150. The van der Waals surface area contributed by atoms with Crippen LogP contribution in [0.15, 0.2) is 18.2 Å². The molecule has 0 amide bonds. The fraction of sp³-hybridized carbons (Fsp3) is 0.400. The minimum absolute atomic E-state index is 0.0480. The summed E-state index contributed by atoms with van der Waals surface area (Å²) < 4.78 is 37.5. The molecule has 14 heavy (non-hydrogen) atoms. The van der Waals surface area contributed by atoms with E-state index in [0.29, 0.717) is 0 Å². The number of hydrogen-bond donors (Lipinski definition) is 1. The van der Waals surface area contributed by atoms with E-state index in [-0.39, 0.29) is 17.5 Å². The van der Waals surface area contributed by atoms with Gasteiger partial charge in [-0.3, -0.25) is 0 Å². The van der Waals surface area contributed by atoms with E-state index >= 15 is 0 Å². The van der Waals surface area contributed by atoms with E-state index in [4.69, 9.17) is 5.11 Å². The second-order valence-electron chi connectivity index (χ2n) is 3.20. The molecular formula is C10H11F3O. The van der Waals surface area contributed by atoms with Crippen molar-refractivity contribution < 1.29 is 18.3 Å². The van der Waals surface area contributed by atoms with E-state index in [2.05, 4.69) is 0 Å². The van der Waals surface area contributed by atoms with Gasteiger partial charge in [0, 0.05) is 12.0 Å². The SMILES string of the molecule is CC(O)Cc1cc(C(F)F)ccc1F. The maximum absolute atomic E-state index is 13.0. The molecule has 0 bridgehead atoms. The Hall–Kier alpha value is -1.03. The third-order valence-electron chi connectivity index (χ3n) is 1.84. The van der Waals surface area contributed by atoms with Crippen molar-refractivity contribution in [1.82, 2.24) is 0 Å². The zero-order chi connectivity index (χ0) is 10.7. The van der Waals surface area contributed by atoms with Crippen LogP contribution in [0.1, 0.15) is 24.5 Å². The molecule has 0 aliphatic rings. The maximum atomic E-state index is 13.0. The fourth-order valence-corrected chi connectivity index (χ4v) is 1.21. The number of alkyl halides is 2. The second-order valence-corrected chi connectivity index (χ2v) is 3.20. The van der Waals surface area contributed by atoms with Gasteiger partial charge in [0.1, 0.15) is 5.82 Å². The van der Waals surface area contributed by atoms with Crippen LogP contribution in [0, 0.1) is 5.82 Å². The molecule has 1 rings (SSSR count). The summed E-state index contributed by atoms with van der Waals surface area (Å²) in [4.78, 5) is 0. The number of hydrogen-bond acceptors (Lipinski definition) is 1. The van der Waals surface area contributed by atoms with Crippen LogP contribution >= 0.6 is 0 Å². The molecule has 1 aromatic carbocycles. The van der Waals surface area contributed by atoms with Crippen LogP contribution in [-0.4, -0.2) is 11.2 Å². The smallest absolute Gasteiger partial charge is 0.263 e. The van der Waals surface area contributed by atoms with Crippen molar-refractivity contribution in [1.29, 1.82) is 0 Å². The van der Waals surface area contributed by atoms with Crippen molar-refractivity contribution in [3.05, 3.63) is 35.1 Å². The molecule has 0 saturated heterocycles. The molecule has 0 aliphatic carbocycles. The summed E-state index contributed by atoms with van der Waals surface area (Å²) in [6, 6.07) is 3.14. The normalized spacial score (nSPS) is 13.3. The number of halogens is 3. The van der Waals surface area contributed by atoms with Crippen molar-refractivity contribution >= 4 is 0 Å². The molecule has 0 radical (unpaired) electrons. The first-order valence-electron chi connectivity index (χ1n) is 4.25. The molecule has 1 N–H and O–H groups in total. The number of rotatable bonds is 3. The highest BCUT2D eigenvalue weighted by Gasteiger charge is 2.11. The van der Waals surface area contributed by atoms with Gasteiger partial charge < -0.3 is 5.11 Å².